The summed E-state index contributed by atoms with van der Waals surface area (Å²) in [4.78, 5) is 30.6. The van der Waals surface area contributed by atoms with Crippen molar-refractivity contribution in [2.75, 3.05) is 18.1 Å². The topological polar surface area (TPSA) is 71.5 Å². The number of carbonyl (C=O) groups excluding carboxylic acids is 2. The minimum absolute atomic E-state index is 0.296. The molecule has 3 rings (SSSR count). The number of benzene rings is 1. The first-order valence-electron chi connectivity index (χ1n) is 9.00. The predicted octanol–water partition coefficient (Wildman–Crippen LogP) is 3.62. The third kappa shape index (κ3) is 4.24. The van der Waals surface area contributed by atoms with E-state index in [0.717, 1.165) is 24.2 Å². The van der Waals surface area contributed by atoms with E-state index in [1.807, 2.05) is 13.0 Å². The Labute approximate surface area is 157 Å². The van der Waals surface area contributed by atoms with Gasteiger partial charge in [-0.15, -0.1) is 0 Å². The number of rotatable bonds is 4. The van der Waals surface area contributed by atoms with Crippen LogP contribution in [0.4, 0.5) is 14.9 Å². The van der Waals surface area contributed by atoms with Gasteiger partial charge in [0, 0.05) is 12.1 Å². The number of fused-ring (bicyclic) bond motifs is 1. The summed E-state index contributed by atoms with van der Waals surface area (Å²) >= 11 is 0. The maximum absolute atomic E-state index is 13.0. The molecule has 142 valence electrons. The van der Waals surface area contributed by atoms with Gasteiger partial charge in [-0.25, -0.2) is 9.18 Å². The molecule has 27 heavy (non-hydrogen) atoms. The van der Waals surface area contributed by atoms with Crippen molar-refractivity contribution in [1.29, 1.82) is 0 Å². The normalized spacial score (nSPS) is 14.3. The molecule has 1 aliphatic heterocycles. The Bertz CT molecular complexity index is 839. The van der Waals surface area contributed by atoms with Crippen LogP contribution in [-0.4, -0.2) is 30.1 Å². The number of amides is 2. The molecule has 1 aliphatic rings. The molecule has 0 radical (unpaired) electrons. The van der Waals surface area contributed by atoms with E-state index in [-0.39, 0.29) is 23.9 Å². The second-order valence-corrected chi connectivity index (χ2v) is 6.36. The number of nitrogens with one attached hydrogen (secondary N) is 1. The number of pyridine rings is 1. The predicted molar refractivity (Wildman–Crippen MR) is 99.2 cm³/mol. The van der Waals surface area contributed by atoms with Gasteiger partial charge in [-0.1, -0.05) is 0 Å². The number of hydrogen-bond acceptors (Lipinski definition) is 4. The Hall–Kier alpha value is -2.96. The molecule has 0 spiro atoms. The van der Waals surface area contributed by atoms with E-state index in [9.17, 15) is 14.0 Å². The summed E-state index contributed by atoms with van der Waals surface area (Å²) in [6.45, 7) is 4.53. The Kier molecular flexibility index (Phi) is 5.69. The number of nitrogens with zero attached hydrogens (tertiary/aromatic N) is 2. The highest BCUT2D eigenvalue weighted by molar-refractivity contribution is 5.94. The van der Waals surface area contributed by atoms with Crippen LogP contribution in [0.1, 0.15) is 48.1 Å². The molecule has 2 aromatic rings. The fourth-order valence-corrected chi connectivity index (χ4v) is 3.05. The maximum Gasteiger partial charge on any atom is 0.414 e. The SMILES string of the molecule is CCOC(=O)N1CCCc2nc([C@@H](C)NC(=O)c3ccc(F)cc3)ccc21. The van der Waals surface area contributed by atoms with Crippen molar-refractivity contribution < 1.29 is 18.7 Å². The van der Waals surface area contributed by atoms with Gasteiger partial charge in [0.15, 0.2) is 0 Å². The number of carbonyl (C=O) groups is 2. The molecule has 0 fully saturated rings. The van der Waals surface area contributed by atoms with Crippen LogP contribution in [0.2, 0.25) is 0 Å². The molecule has 6 nitrogen and oxygen atoms in total. The van der Waals surface area contributed by atoms with E-state index >= 15 is 0 Å². The first kappa shape index (κ1) is 18.8. The average Bonchev–Trinajstić information content (AvgIpc) is 2.67. The molecule has 0 saturated heterocycles. The van der Waals surface area contributed by atoms with Crippen molar-refractivity contribution in [3.63, 3.8) is 0 Å². The fraction of sp³-hybridized carbons (Fsp3) is 0.350. The minimum Gasteiger partial charge on any atom is -0.449 e. The maximum atomic E-state index is 13.0. The molecule has 1 N–H and O–H groups in total. The van der Waals surface area contributed by atoms with Crippen LogP contribution in [0.3, 0.4) is 0 Å². The number of ether oxygens (including phenoxy) is 1. The third-order valence-electron chi connectivity index (χ3n) is 4.44. The highest BCUT2D eigenvalue weighted by atomic mass is 19.1. The zero-order chi connectivity index (χ0) is 19.4. The summed E-state index contributed by atoms with van der Waals surface area (Å²) in [5.41, 5.74) is 2.65. The minimum atomic E-state index is -0.387. The summed E-state index contributed by atoms with van der Waals surface area (Å²) in [5, 5.41) is 2.86. The number of anilines is 1. The number of aryl methyl sites for hydroxylation is 1. The summed E-state index contributed by atoms with van der Waals surface area (Å²) in [5.74, 6) is -0.683. The molecule has 0 saturated carbocycles. The lowest BCUT2D eigenvalue weighted by Gasteiger charge is -2.28. The molecule has 0 bridgehead atoms. The quantitative estimate of drug-likeness (QED) is 0.891. The number of aromatic nitrogens is 1. The summed E-state index contributed by atoms with van der Waals surface area (Å²) in [6.07, 6.45) is 1.20. The molecule has 7 heteroatoms. The fourth-order valence-electron chi connectivity index (χ4n) is 3.05. The Balaban J connectivity index is 1.75. The smallest absolute Gasteiger partial charge is 0.414 e. The molecular formula is C20H22FN3O3. The number of hydrogen-bond donors (Lipinski definition) is 1. The molecule has 0 aliphatic carbocycles. The van der Waals surface area contributed by atoms with E-state index < -0.39 is 0 Å². The second kappa shape index (κ2) is 8.16. The lowest BCUT2D eigenvalue weighted by Crippen LogP contribution is -2.36. The third-order valence-corrected chi connectivity index (χ3v) is 4.44. The van der Waals surface area contributed by atoms with Crippen LogP contribution in [0.25, 0.3) is 0 Å². The monoisotopic (exact) mass is 371 g/mol. The van der Waals surface area contributed by atoms with E-state index in [4.69, 9.17) is 4.74 Å². The summed E-state index contributed by atoms with van der Waals surface area (Å²) in [6, 6.07) is 8.69. The zero-order valence-electron chi connectivity index (χ0n) is 15.4. The van der Waals surface area contributed by atoms with Crippen molar-refractivity contribution in [3.8, 4) is 0 Å². The van der Waals surface area contributed by atoms with Crippen LogP contribution in [0.15, 0.2) is 36.4 Å². The highest BCUT2D eigenvalue weighted by Crippen LogP contribution is 2.28. The molecule has 1 aromatic heterocycles. The van der Waals surface area contributed by atoms with Gasteiger partial charge >= 0.3 is 6.09 Å². The summed E-state index contributed by atoms with van der Waals surface area (Å²) < 4.78 is 18.1. The van der Waals surface area contributed by atoms with Crippen LogP contribution < -0.4 is 10.2 Å². The van der Waals surface area contributed by atoms with Crippen LogP contribution in [0.5, 0.6) is 0 Å². The lowest BCUT2D eigenvalue weighted by atomic mass is 10.1. The van der Waals surface area contributed by atoms with Crippen molar-refractivity contribution in [2.24, 2.45) is 0 Å². The Morgan fingerprint density at radius 3 is 2.70 bits per heavy atom. The van der Waals surface area contributed by atoms with Gasteiger partial charge in [0.2, 0.25) is 0 Å². The van der Waals surface area contributed by atoms with Gasteiger partial charge in [0.05, 0.1) is 29.7 Å². The van der Waals surface area contributed by atoms with E-state index in [0.29, 0.717) is 24.4 Å². The largest absolute Gasteiger partial charge is 0.449 e. The standard InChI is InChI=1S/C20H22FN3O3/c1-3-27-20(26)24-12-4-5-17-18(24)11-10-16(23-17)13(2)22-19(25)14-6-8-15(21)9-7-14/h6-11,13H,3-5,12H2,1-2H3,(H,22,25)/t13-/m1/s1. The molecule has 0 unspecified atom stereocenters. The highest BCUT2D eigenvalue weighted by Gasteiger charge is 2.25. The van der Waals surface area contributed by atoms with Crippen LogP contribution in [0, 0.1) is 5.82 Å². The van der Waals surface area contributed by atoms with E-state index in [2.05, 4.69) is 10.3 Å². The molecule has 2 heterocycles. The molecular weight excluding hydrogens is 349 g/mol. The van der Waals surface area contributed by atoms with Gasteiger partial charge < -0.3 is 10.1 Å². The molecule has 2 amide bonds. The Morgan fingerprint density at radius 2 is 2.00 bits per heavy atom. The first-order chi connectivity index (χ1) is 13.0. The summed E-state index contributed by atoms with van der Waals surface area (Å²) in [7, 11) is 0. The first-order valence-corrected chi connectivity index (χ1v) is 9.00. The van der Waals surface area contributed by atoms with E-state index in [1.54, 1.807) is 17.9 Å². The van der Waals surface area contributed by atoms with Crippen LogP contribution in [-0.2, 0) is 11.2 Å². The average molecular weight is 371 g/mol. The lowest BCUT2D eigenvalue weighted by molar-refractivity contribution is 0.0939. The van der Waals surface area contributed by atoms with Gasteiger partial charge in [0.1, 0.15) is 5.82 Å². The van der Waals surface area contributed by atoms with Crippen molar-refractivity contribution in [2.45, 2.75) is 32.7 Å². The zero-order valence-corrected chi connectivity index (χ0v) is 15.4. The van der Waals surface area contributed by atoms with Gasteiger partial charge in [-0.05, 0) is 63.1 Å². The Morgan fingerprint density at radius 1 is 1.26 bits per heavy atom. The molecule has 1 atom stereocenters. The van der Waals surface area contributed by atoms with Gasteiger partial charge in [-0.2, -0.15) is 0 Å². The van der Waals surface area contributed by atoms with Crippen molar-refractivity contribution >= 4 is 17.7 Å². The van der Waals surface area contributed by atoms with Gasteiger partial charge in [0.25, 0.3) is 5.91 Å². The van der Waals surface area contributed by atoms with Crippen molar-refractivity contribution in [3.05, 3.63) is 59.2 Å². The van der Waals surface area contributed by atoms with Crippen molar-refractivity contribution in [1.82, 2.24) is 10.3 Å². The van der Waals surface area contributed by atoms with E-state index in [1.165, 1.54) is 24.3 Å². The number of halogens is 1. The second-order valence-electron chi connectivity index (χ2n) is 6.36. The van der Waals surface area contributed by atoms with Crippen LogP contribution >= 0.6 is 0 Å². The van der Waals surface area contributed by atoms with Gasteiger partial charge in [-0.3, -0.25) is 14.7 Å². The molecule has 1 aromatic carbocycles.